The van der Waals surface area contributed by atoms with Crippen molar-refractivity contribution in [3.63, 3.8) is 0 Å². The van der Waals surface area contributed by atoms with Crippen molar-refractivity contribution in [2.45, 2.75) is 6.92 Å². The fraction of sp³-hybridized carbons (Fsp3) is 0.143. The monoisotopic (exact) mass is 231 g/mol. The molecule has 0 unspecified atom stereocenters. The Balaban J connectivity index is 2.42. The average molecular weight is 232 g/mol. The number of benzene rings is 2. The maximum absolute atomic E-state index is 6.12. The third-order valence-corrected chi connectivity index (χ3v) is 3.15. The SMILES string of the molecule is Cc1c(Cl)cccc1N(C)c1ccccc1. The van der Waals surface area contributed by atoms with E-state index in [9.17, 15) is 0 Å². The molecule has 0 amide bonds. The summed E-state index contributed by atoms with van der Waals surface area (Å²) in [6.07, 6.45) is 0. The zero-order valence-corrected chi connectivity index (χ0v) is 10.2. The summed E-state index contributed by atoms with van der Waals surface area (Å²) in [6, 6.07) is 16.2. The molecule has 0 saturated carbocycles. The Labute approximate surface area is 101 Å². The van der Waals surface area contributed by atoms with Gasteiger partial charge in [0.2, 0.25) is 0 Å². The van der Waals surface area contributed by atoms with Crippen LogP contribution in [0.2, 0.25) is 5.02 Å². The molecule has 0 aliphatic rings. The Morgan fingerprint density at radius 3 is 2.31 bits per heavy atom. The highest BCUT2D eigenvalue weighted by molar-refractivity contribution is 6.31. The molecule has 0 radical (unpaired) electrons. The van der Waals surface area contributed by atoms with Crippen molar-refractivity contribution >= 4 is 23.0 Å². The van der Waals surface area contributed by atoms with Crippen LogP contribution in [0.4, 0.5) is 11.4 Å². The van der Waals surface area contributed by atoms with E-state index in [0.717, 1.165) is 22.0 Å². The molecule has 2 heteroatoms. The minimum absolute atomic E-state index is 0.806. The molecule has 0 heterocycles. The van der Waals surface area contributed by atoms with Crippen molar-refractivity contribution in [2.75, 3.05) is 11.9 Å². The van der Waals surface area contributed by atoms with Gasteiger partial charge in [0.1, 0.15) is 0 Å². The van der Waals surface area contributed by atoms with Crippen LogP contribution in [0.25, 0.3) is 0 Å². The van der Waals surface area contributed by atoms with Gasteiger partial charge in [0.15, 0.2) is 0 Å². The molecule has 0 aliphatic carbocycles. The van der Waals surface area contributed by atoms with Crippen molar-refractivity contribution in [3.05, 3.63) is 59.1 Å². The molecule has 0 saturated heterocycles. The lowest BCUT2D eigenvalue weighted by Gasteiger charge is -2.22. The number of hydrogen-bond acceptors (Lipinski definition) is 1. The summed E-state index contributed by atoms with van der Waals surface area (Å²) >= 11 is 6.12. The Morgan fingerprint density at radius 1 is 0.938 bits per heavy atom. The lowest BCUT2D eigenvalue weighted by Crippen LogP contribution is -2.10. The largest absolute Gasteiger partial charge is 0.344 e. The van der Waals surface area contributed by atoms with E-state index in [1.165, 1.54) is 0 Å². The van der Waals surface area contributed by atoms with E-state index in [4.69, 9.17) is 11.6 Å². The van der Waals surface area contributed by atoms with Gasteiger partial charge in [-0.25, -0.2) is 0 Å². The summed E-state index contributed by atoms with van der Waals surface area (Å²) in [6.45, 7) is 2.04. The summed E-state index contributed by atoms with van der Waals surface area (Å²) < 4.78 is 0. The summed E-state index contributed by atoms with van der Waals surface area (Å²) in [7, 11) is 2.05. The van der Waals surface area contributed by atoms with Crippen molar-refractivity contribution in [1.29, 1.82) is 0 Å². The van der Waals surface area contributed by atoms with Gasteiger partial charge in [-0.2, -0.15) is 0 Å². The molecule has 82 valence electrons. The number of rotatable bonds is 2. The molecule has 0 atom stereocenters. The first-order valence-corrected chi connectivity index (χ1v) is 5.62. The Bertz CT molecular complexity index is 479. The predicted octanol–water partition coefficient (Wildman–Crippen LogP) is 4.42. The molecule has 0 aromatic heterocycles. The van der Waals surface area contributed by atoms with Crippen LogP contribution in [0.3, 0.4) is 0 Å². The molecule has 0 aliphatic heterocycles. The number of nitrogens with zero attached hydrogens (tertiary/aromatic N) is 1. The Hall–Kier alpha value is -1.47. The van der Waals surface area contributed by atoms with Gasteiger partial charge in [-0.05, 0) is 36.8 Å². The molecule has 2 rings (SSSR count). The summed E-state index contributed by atoms with van der Waals surface area (Å²) in [5, 5.41) is 0.806. The van der Waals surface area contributed by atoms with Crippen LogP contribution in [-0.4, -0.2) is 7.05 Å². The first-order chi connectivity index (χ1) is 7.70. The lowest BCUT2D eigenvalue weighted by molar-refractivity contribution is 1.18. The topological polar surface area (TPSA) is 3.24 Å². The molecule has 0 fully saturated rings. The molecular formula is C14H14ClN. The van der Waals surface area contributed by atoms with Crippen LogP contribution in [0.1, 0.15) is 5.56 Å². The molecule has 0 bridgehead atoms. The smallest absolute Gasteiger partial charge is 0.0455 e. The molecular weight excluding hydrogens is 218 g/mol. The van der Waals surface area contributed by atoms with Crippen molar-refractivity contribution in [3.8, 4) is 0 Å². The predicted molar refractivity (Wildman–Crippen MR) is 70.7 cm³/mol. The lowest BCUT2D eigenvalue weighted by atomic mass is 10.1. The second-order valence-electron chi connectivity index (χ2n) is 3.78. The fourth-order valence-corrected chi connectivity index (χ4v) is 1.92. The molecule has 0 spiro atoms. The average Bonchev–Trinajstić information content (AvgIpc) is 2.33. The zero-order valence-electron chi connectivity index (χ0n) is 9.44. The molecule has 2 aromatic rings. The first-order valence-electron chi connectivity index (χ1n) is 5.24. The first kappa shape index (κ1) is 11.0. The maximum atomic E-state index is 6.12. The van der Waals surface area contributed by atoms with E-state index in [0.29, 0.717) is 0 Å². The quantitative estimate of drug-likeness (QED) is 0.740. The van der Waals surface area contributed by atoms with Crippen LogP contribution < -0.4 is 4.90 Å². The number of halogens is 1. The third-order valence-electron chi connectivity index (χ3n) is 2.74. The van der Waals surface area contributed by atoms with E-state index >= 15 is 0 Å². The van der Waals surface area contributed by atoms with Crippen LogP contribution >= 0.6 is 11.6 Å². The maximum Gasteiger partial charge on any atom is 0.0455 e. The van der Waals surface area contributed by atoms with E-state index in [2.05, 4.69) is 23.1 Å². The summed E-state index contributed by atoms with van der Waals surface area (Å²) in [5.41, 5.74) is 3.40. The van der Waals surface area contributed by atoms with Crippen molar-refractivity contribution < 1.29 is 0 Å². The van der Waals surface area contributed by atoms with Gasteiger partial charge >= 0.3 is 0 Å². The van der Waals surface area contributed by atoms with Gasteiger partial charge in [-0.1, -0.05) is 35.9 Å². The number of para-hydroxylation sites is 1. The van der Waals surface area contributed by atoms with Gasteiger partial charge < -0.3 is 4.90 Å². The Morgan fingerprint density at radius 2 is 1.62 bits per heavy atom. The minimum atomic E-state index is 0.806. The zero-order chi connectivity index (χ0) is 11.5. The molecule has 2 aromatic carbocycles. The minimum Gasteiger partial charge on any atom is -0.344 e. The number of hydrogen-bond donors (Lipinski definition) is 0. The van der Waals surface area contributed by atoms with Crippen LogP contribution in [-0.2, 0) is 0 Å². The molecule has 1 nitrogen and oxygen atoms in total. The second-order valence-corrected chi connectivity index (χ2v) is 4.19. The van der Waals surface area contributed by atoms with Gasteiger partial charge in [0.25, 0.3) is 0 Å². The standard InChI is InChI=1S/C14H14ClN/c1-11-13(15)9-6-10-14(11)16(2)12-7-4-3-5-8-12/h3-10H,1-2H3. The van der Waals surface area contributed by atoms with Crippen molar-refractivity contribution in [2.24, 2.45) is 0 Å². The van der Waals surface area contributed by atoms with Crippen LogP contribution in [0.5, 0.6) is 0 Å². The van der Waals surface area contributed by atoms with Gasteiger partial charge in [0, 0.05) is 23.4 Å². The highest BCUT2D eigenvalue weighted by atomic mass is 35.5. The fourth-order valence-electron chi connectivity index (χ4n) is 1.75. The van der Waals surface area contributed by atoms with Gasteiger partial charge in [-0.15, -0.1) is 0 Å². The second kappa shape index (κ2) is 4.58. The summed E-state index contributed by atoms with van der Waals surface area (Å²) in [5.74, 6) is 0. The molecule has 16 heavy (non-hydrogen) atoms. The van der Waals surface area contributed by atoms with Gasteiger partial charge in [-0.3, -0.25) is 0 Å². The van der Waals surface area contributed by atoms with E-state index < -0.39 is 0 Å². The van der Waals surface area contributed by atoms with E-state index in [1.807, 2.05) is 44.3 Å². The molecule has 0 N–H and O–H groups in total. The van der Waals surface area contributed by atoms with Crippen LogP contribution in [0, 0.1) is 6.92 Å². The Kier molecular flexibility index (Phi) is 3.16. The van der Waals surface area contributed by atoms with Gasteiger partial charge in [0.05, 0.1) is 0 Å². The van der Waals surface area contributed by atoms with E-state index in [-0.39, 0.29) is 0 Å². The number of anilines is 2. The normalized spacial score (nSPS) is 10.2. The van der Waals surface area contributed by atoms with Crippen molar-refractivity contribution in [1.82, 2.24) is 0 Å². The summed E-state index contributed by atoms with van der Waals surface area (Å²) in [4.78, 5) is 2.14. The highest BCUT2D eigenvalue weighted by Crippen LogP contribution is 2.30. The van der Waals surface area contributed by atoms with Crippen LogP contribution in [0.15, 0.2) is 48.5 Å². The van der Waals surface area contributed by atoms with E-state index in [1.54, 1.807) is 0 Å². The third kappa shape index (κ3) is 2.05. The highest BCUT2D eigenvalue weighted by Gasteiger charge is 2.07.